The minimum absolute atomic E-state index is 0.236. The average Bonchev–Trinajstić information content (AvgIpc) is 2.83. The second-order valence-corrected chi connectivity index (χ2v) is 11.4. The first-order chi connectivity index (χ1) is 18.7. The fraction of sp³-hybridized carbons (Fsp3) is 0.438. The number of hydrogen-bond donors (Lipinski definition) is 1. The van der Waals surface area contributed by atoms with Gasteiger partial charge in [-0.15, -0.1) is 0 Å². The first-order valence-electron chi connectivity index (χ1n) is 13.8. The Morgan fingerprint density at radius 2 is 1.33 bits per heavy atom. The van der Waals surface area contributed by atoms with Crippen LogP contribution in [0.1, 0.15) is 86.5 Å². The van der Waals surface area contributed by atoms with Crippen molar-refractivity contribution in [1.29, 1.82) is 0 Å². The van der Waals surface area contributed by atoms with Crippen LogP contribution >= 0.6 is 11.6 Å². The summed E-state index contributed by atoms with van der Waals surface area (Å²) in [6.07, 6.45) is 2.93. The molecule has 0 aliphatic carbocycles. The summed E-state index contributed by atoms with van der Waals surface area (Å²) in [4.78, 5) is 32.6. The van der Waals surface area contributed by atoms with E-state index in [1.165, 1.54) is 22.3 Å². The minimum atomic E-state index is 0.236. The van der Waals surface area contributed by atoms with Crippen LogP contribution < -0.4 is 10.2 Å². The van der Waals surface area contributed by atoms with Crippen LogP contribution in [0.4, 0.5) is 5.82 Å². The summed E-state index contributed by atoms with van der Waals surface area (Å²) in [7, 11) is 0. The van der Waals surface area contributed by atoms with E-state index in [9.17, 15) is 9.59 Å². The highest BCUT2D eigenvalue weighted by Crippen LogP contribution is 2.32. The zero-order valence-electron chi connectivity index (χ0n) is 23.4. The molecule has 0 saturated carbocycles. The number of halogens is 1. The van der Waals surface area contributed by atoms with Crippen molar-refractivity contribution in [3.63, 3.8) is 0 Å². The molecule has 2 aliphatic heterocycles. The monoisotopic (exact) mass is 546 g/mol. The second kappa shape index (κ2) is 13.3. The molecule has 3 aromatic rings. The number of benzene rings is 2. The van der Waals surface area contributed by atoms with Crippen molar-refractivity contribution in [2.45, 2.75) is 64.2 Å². The molecule has 39 heavy (non-hydrogen) atoms. The van der Waals surface area contributed by atoms with Crippen molar-refractivity contribution in [1.82, 2.24) is 15.3 Å². The first kappa shape index (κ1) is 28.9. The van der Waals surface area contributed by atoms with Gasteiger partial charge in [-0.25, -0.2) is 9.97 Å². The maximum absolute atomic E-state index is 11.2. The molecule has 1 N–H and O–H groups in total. The Balaban J connectivity index is 0.000000193. The van der Waals surface area contributed by atoms with Crippen molar-refractivity contribution in [3.05, 3.63) is 88.3 Å². The lowest BCUT2D eigenvalue weighted by Crippen LogP contribution is -2.45. The Kier molecular flexibility index (Phi) is 9.87. The third kappa shape index (κ3) is 7.96. The number of nitrogens with zero attached hydrogens (tertiary/aromatic N) is 3. The summed E-state index contributed by atoms with van der Waals surface area (Å²) < 4.78 is 0. The van der Waals surface area contributed by atoms with Crippen LogP contribution in [0.5, 0.6) is 0 Å². The van der Waals surface area contributed by atoms with Crippen molar-refractivity contribution in [2.24, 2.45) is 0 Å². The van der Waals surface area contributed by atoms with Gasteiger partial charge in [0.2, 0.25) is 5.28 Å². The quantitative estimate of drug-likeness (QED) is 0.319. The molecule has 2 saturated heterocycles. The number of ketones is 2. The van der Waals surface area contributed by atoms with Crippen LogP contribution in [0.25, 0.3) is 0 Å². The Hall–Kier alpha value is -3.09. The zero-order valence-corrected chi connectivity index (χ0v) is 24.1. The van der Waals surface area contributed by atoms with E-state index < -0.39 is 0 Å². The normalized spacial score (nSPS) is 16.8. The van der Waals surface area contributed by atoms with E-state index >= 15 is 0 Å². The SMILES string of the molecule is CC(=O)C[C@@H](C)c1ccc(C2CN(c3ccnc(Cl)n3)C2)cc1.CC(=O)C[C@@H](C)c1ccc(C2CNC2)cc1. The summed E-state index contributed by atoms with van der Waals surface area (Å²) >= 11 is 5.83. The van der Waals surface area contributed by atoms with E-state index in [1.54, 1.807) is 20.0 Å². The van der Waals surface area contributed by atoms with Crippen molar-refractivity contribution in [3.8, 4) is 0 Å². The molecule has 2 fully saturated rings. The van der Waals surface area contributed by atoms with E-state index in [2.05, 4.69) is 82.6 Å². The largest absolute Gasteiger partial charge is 0.355 e. The predicted octanol–water partition coefficient (Wildman–Crippen LogP) is 6.27. The van der Waals surface area contributed by atoms with Gasteiger partial charge < -0.3 is 19.8 Å². The average molecular weight is 547 g/mol. The number of anilines is 1. The molecular weight excluding hydrogens is 508 g/mol. The van der Waals surface area contributed by atoms with Gasteiger partial charge in [0.15, 0.2) is 0 Å². The van der Waals surface area contributed by atoms with Gasteiger partial charge in [0.1, 0.15) is 17.4 Å². The van der Waals surface area contributed by atoms with E-state index in [0.717, 1.165) is 32.0 Å². The second-order valence-electron chi connectivity index (χ2n) is 11.1. The molecule has 206 valence electrons. The number of hydrogen-bond acceptors (Lipinski definition) is 6. The number of carbonyl (C=O) groups excluding carboxylic acids is 2. The Morgan fingerprint density at radius 3 is 1.74 bits per heavy atom. The smallest absolute Gasteiger partial charge is 0.224 e. The number of Topliss-reactive ketones (excluding diaryl/α,β-unsaturated/α-hetero) is 2. The Labute approximate surface area is 237 Å². The van der Waals surface area contributed by atoms with Crippen LogP contribution in [-0.4, -0.2) is 47.7 Å². The maximum Gasteiger partial charge on any atom is 0.224 e. The van der Waals surface area contributed by atoms with Crippen molar-refractivity contribution >= 4 is 29.0 Å². The molecular formula is C32H39ClN4O2. The molecule has 0 amide bonds. The van der Waals surface area contributed by atoms with E-state index in [-0.39, 0.29) is 22.8 Å². The summed E-state index contributed by atoms with van der Waals surface area (Å²) in [5.41, 5.74) is 5.24. The van der Waals surface area contributed by atoms with Gasteiger partial charge >= 0.3 is 0 Å². The Morgan fingerprint density at radius 1 is 0.846 bits per heavy atom. The van der Waals surface area contributed by atoms with Crippen LogP contribution in [-0.2, 0) is 9.59 Å². The fourth-order valence-electron chi connectivity index (χ4n) is 5.19. The molecule has 2 atom stereocenters. The summed E-state index contributed by atoms with van der Waals surface area (Å²) in [5, 5.41) is 3.57. The van der Waals surface area contributed by atoms with Crippen LogP contribution in [0.3, 0.4) is 0 Å². The predicted molar refractivity (Wildman–Crippen MR) is 158 cm³/mol. The van der Waals surface area contributed by atoms with Crippen LogP contribution in [0.2, 0.25) is 5.28 Å². The van der Waals surface area contributed by atoms with Gasteiger partial charge in [0.05, 0.1) is 0 Å². The van der Waals surface area contributed by atoms with Crippen LogP contribution in [0, 0.1) is 0 Å². The highest BCUT2D eigenvalue weighted by Gasteiger charge is 2.29. The van der Waals surface area contributed by atoms with Gasteiger partial charge in [-0.2, -0.15) is 0 Å². The van der Waals surface area contributed by atoms with Crippen molar-refractivity contribution in [2.75, 3.05) is 31.1 Å². The van der Waals surface area contributed by atoms with Crippen molar-refractivity contribution < 1.29 is 9.59 Å². The number of aromatic nitrogens is 2. The molecule has 2 aromatic carbocycles. The molecule has 0 unspecified atom stereocenters. The maximum atomic E-state index is 11.2. The minimum Gasteiger partial charge on any atom is -0.355 e. The van der Waals surface area contributed by atoms with E-state index in [1.807, 2.05) is 6.07 Å². The van der Waals surface area contributed by atoms with Gasteiger partial charge in [-0.1, -0.05) is 62.4 Å². The molecule has 3 heterocycles. The lowest BCUT2D eigenvalue weighted by molar-refractivity contribution is -0.118. The third-order valence-electron chi connectivity index (χ3n) is 7.74. The lowest BCUT2D eigenvalue weighted by Gasteiger charge is -2.40. The zero-order chi connectivity index (χ0) is 27.9. The van der Waals surface area contributed by atoms with E-state index in [4.69, 9.17) is 11.6 Å². The molecule has 1 aromatic heterocycles. The van der Waals surface area contributed by atoms with Gasteiger partial charge in [-0.3, -0.25) is 0 Å². The molecule has 0 radical (unpaired) electrons. The van der Waals surface area contributed by atoms with E-state index in [0.29, 0.717) is 30.6 Å². The van der Waals surface area contributed by atoms with Crippen LogP contribution in [0.15, 0.2) is 60.8 Å². The fourth-order valence-corrected chi connectivity index (χ4v) is 5.34. The summed E-state index contributed by atoms with van der Waals surface area (Å²) in [5.74, 6) is 3.21. The Bertz CT molecular complexity index is 1250. The first-order valence-corrected chi connectivity index (χ1v) is 14.2. The molecule has 7 heteroatoms. The highest BCUT2D eigenvalue weighted by molar-refractivity contribution is 6.28. The topological polar surface area (TPSA) is 75.2 Å². The number of rotatable bonds is 9. The number of carbonyl (C=O) groups is 2. The molecule has 0 bridgehead atoms. The lowest BCUT2D eigenvalue weighted by atomic mass is 9.88. The summed E-state index contributed by atoms with van der Waals surface area (Å²) in [6.45, 7) is 11.6. The van der Waals surface area contributed by atoms with Gasteiger partial charge in [0, 0.05) is 57.1 Å². The van der Waals surface area contributed by atoms with Gasteiger partial charge in [0.25, 0.3) is 0 Å². The third-order valence-corrected chi connectivity index (χ3v) is 7.92. The highest BCUT2D eigenvalue weighted by atomic mass is 35.5. The molecule has 5 rings (SSSR count). The number of nitrogens with one attached hydrogen (secondary N) is 1. The molecule has 6 nitrogen and oxygen atoms in total. The standard InChI is InChI=1S/C18H20ClN3O.C14H19NO/c1-12(9-13(2)23)14-3-5-15(6-4-14)16-10-22(11-16)17-7-8-20-18(19)21-17;1-10(7-11(2)16)12-3-5-13(6-4-12)14-8-15-9-14/h3-8,12,16H,9-11H2,1-2H3;3-6,10,14-15H,7-9H2,1-2H3/t12-;10-/m11/s1. The van der Waals surface area contributed by atoms with Gasteiger partial charge in [-0.05, 0) is 65.6 Å². The summed E-state index contributed by atoms with van der Waals surface area (Å²) in [6, 6.07) is 19.3. The molecule has 2 aliphatic rings. The molecule has 0 spiro atoms.